The molecular weight excluding hydrogens is 456 g/mol. The molecule has 2 aliphatic heterocycles. The molecule has 0 bridgehead atoms. The summed E-state index contributed by atoms with van der Waals surface area (Å²) >= 11 is 1.26. The molecule has 1 aromatic carbocycles. The van der Waals surface area contributed by atoms with Crippen LogP contribution in [0.2, 0.25) is 0 Å². The molecule has 1 saturated heterocycles. The maximum absolute atomic E-state index is 12.7. The number of carbonyl (C=O) groups is 2. The van der Waals surface area contributed by atoms with Crippen molar-refractivity contribution in [2.45, 2.75) is 25.3 Å². The molecule has 2 aromatic rings. The van der Waals surface area contributed by atoms with Crippen molar-refractivity contribution in [2.75, 3.05) is 31.0 Å². The maximum Gasteiger partial charge on any atom is 0.273 e. The van der Waals surface area contributed by atoms with Crippen LogP contribution in [-0.4, -0.2) is 67.7 Å². The highest BCUT2D eigenvalue weighted by Crippen LogP contribution is 2.33. The molecule has 0 spiro atoms. The Morgan fingerprint density at radius 2 is 2.00 bits per heavy atom. The first kappa shape index (κ1) is 22.2. The number of rotatable bonds is 6. The summed E-state index contributed by atoms with van der Waals surface area (Å²) in [5.74, 6) is 0.336. The van der Waals surface area contributed by atoms with E-state index in [4.69, 9.17) is 9.47 Å². The lowest BCUT2D eigenvalue weighted by Crippen LogP contribution is -2.42. The molecule has 3 heterocycles. The summed E-state index contributed by atoms with van der Waals surface area (Å²) in [5.41, 5.74) is 1.63. The summed E-state index contributed by atoms with van der Waals surface area (Å²) in [6.07, 6.45) is 0.625. The number of hydrazone groups is 1. The first-order chi connectivity index (χ1) is 15.3. The number of nitrogens with one attached hydrogen (secondary N) is 1. The summed E-state index contributed by atoms with van der Waals surface area (Å²) < 4.78 is 34.1. The van der Waals surface area contributed by atoms with Crippen LogP contribution >= 0.6 is 11.3 Å². The van der Waals surface area contributed by atoms with Crippen molar-refractivity contribution < 1.29 is 27.5 Å². The maximum atomic E-state index is 12.7. The van der Waals surface area contributed by atoms with Gasteiger partial charge in [0.15, 0.2) is 26.5 Å². The molecule has 1 N–H and O–H groups in total. The third-order valence-corrected chi connectivity index (χ3v) is 7.79. The SMILES string of the molecule is COc1ccc(-c2csc(NC(=O)C3=NN([C@@H]4CCS(=O)(=O)C4)C(=O)CC3)n2)cc1OC. The van der Waals surface area contributed by atoms with Crippen molar-refractivity contribution in [3.63, 3.8) is 0 Å². The number of nitrogens with zero attached hydrogens (tertiary/aromatic N) is 3. The average molecular weight is 479 g/mol. The van der Waals surface area contributed by atoms with E-state index in [9.17, 15) is 18.0 Å². The van der Waals surface area contributed by atoms with Gasteiger partial charge in [-0.3, -0.25) is 14.9 Å². The summed E-state index contributed by atoms with van der Waals surface area (Å²) in [7, 11) is -0.0688. The van der Waals surface area contributed by atoms with Gasteiger partial charge in [-0.25, -0.2) is 18.4 Å². The van der Waals surface area contributed by atoms with E-state index in [-0.39, 0.29) is 36.0 Å². The van der Waals surface area contributed by atoms with Gasteiger partial charge in [-0.15, -0.1) is 11.3 Å². The molecule has 1 aromatic heterocycles. The summed E-state index contributed by atoms with van der Waals surface area (Å²) in [4.78, 5) is 29.4. The molecule has 2 amide bonds. The minimum Gasteiger partial charge on any atom is -0.493 e. The van der Waals surface area contributed by atoms with E-state index in [1.807, 2.05) is 6.07 Å². The number of carbonyl (C=O) groups excluding carboxylic acids is 2. The molecule has 0 radical (unpaired) electrons. The number of hydrogen-bond donors (Lipinski definition) is 1. The molecule has 10 nitrogen and oxygen atoms in total. The Kier molecular flexibility index (Phi) is 6.15. The van der Waals surface area contributed by atoms with Gasteiger partial charge in [0.2, 0.25) is 5.91 Å². The zero-order valence-corrected chi connectivity index (χ0v) is 19.2. The van der Waals surface area contributed by atoms with Crippen LogP contribution in [0.4, 0.5) is 5.13 Å². The van der Waals surface area contributed by atoms with Crippen LogP contribution in [0.15, 0.2) is 28.7 Å². The van der Waals surface area contributed by atoms with Crippen molar-refractivity contribution in [3.05, 3.63) is 23.6 Å². The quantitative estimate of drug-likeness (QED) is 0.672. The third-order valence-electron chi connectivity index (χ3n) is 5.28. The average Bonchev–Trinajstić information content (AvgIpc) is 3.39. The Morgan fingerprint density at radius 1 is 1.22 bits per heavy atom. The fourth-order valence-corrected chi connectivity index (χ4v) is 6.02. The standard InChI is InChI=1S/C20H22N4O6S2/c1-29-16-5-3-12(9-17(16)30-2)15-10-31-20(21-15)22-19(26)14-4-6-18(25)24(23-14)13-7-8-32(27,28)11-13/h3,5,9-10,13H,4,6-8,11H2,1-2H3,(H,21,22,26)/t13-/m1/s1. The number of amides is 2. The Bertz CT molecular complexity index is 1190. The van der Waals surface area contributed by atoms with E-state index >= 15 is 0 Å². The molecule has 0 unspecified atom stereocenters. The van der Waals surface area contributed by atoms with Crippen molar-refractivity contribution in [2.24, 2.45) is 5.10 Å². The van der Waals surface area contributed by atoms with E-state index in [0.29, 0.717) is 28.7 Å². The van der Waals surface area contributed by atoms with Gasteiger partial charge in [-0.1, -0.05) is 0 Å². The fourth-order valence-electron chi connectivity index (χ4n) is 3.62. The van der Waals surface area contributed by atoms with Crippen molar-refractivity contribution in [1.82, 2.24) is 9.99 Å². The summed E-state index contributed by atoms with van der Waals surface area (Å²) in [6, 6.07) is 4.89. The summed E-state index contributed by atoms with van der Waals surface area (Å²) in [5, 5.41) is 10.3. The van der Waals surface area contributed by atoms with Gasteiger partial charge in [-0.2, -0.15) is 5.10 Å². The number of sulfone groups is 1. The van der Waals surface area contributed by atoms with E-state index < -0.39 is 21.8 Å². The van der Waals surface area contributed by atoms with Gasteiger partial charge in [0.05, 0.1) is 37.5 Å². The second kappa shape index (κ2) is 8.87. The van der Waals surface area contributed by atoms with Crippen LogP contribution in [0.25, 0.3) is 11.3 Å². The highest BCUT2D eigenvalue weighted by molar-refractivity contribution is 7.91. The number of methoxy groups -OCH3 is 2. The van der Waals surface area contributed by atoms with E-state index in [2.05, 4.69) is 15.4 Å². The second-order valence-corrected chi connectivity index (χ2v) is 10.5. The van der Waals surface area contributed by atoms with Crippen molar-refractivity contribution in [1.29, 1.82) is 0 Å². The molecule has 32 heavy (non-hydrogen) atoms. The van der Waals surface area contributed by atoms with E-state index in [1.165, 1.54) is 16.3 Å². The molecule has 0 saturated carbocycles. The number of anilines is 1. The Hall–Kier alpha value is -2.99. The Balaban J connectivity index is 1.48. The number of ether oxygens (including phenoxy) is 2. The third kappa shape index (κ3) is 4.60. The van der Waals surface area contributed by atoms with E-state index in [1.54, 1.807) is 31.7 Å². The van der Waals surface area contributed by atoms with Crippen LogP contribution in [0, 0.1) is 0 Å². The molecule has 0 aliphatic carbocycles. The Labute approximate surface area is 189 Å². The monoisotopic (exact) mass is 478 g/mol. The van der Waals surface area contributed by atoms with Crippen LogP contribution in [0.1, 0.15) is 19.3 Å². The number of hydrogen-bond acceptors (Lipinski definition) is 9. The lowest BCUT2D eigenvalue weighted by Gasteiger charge is -2.27. The first-order valence-electron chi connectivity index (χ1n) is 9.89. The normalized spacial score (nSPS) is 20.1. The van der Waals surface area contributed by atoms with Crippen LogP contribution in [-0.2, 0) is 19.4 Å². The van der Waals surface area contributed by atoms with Crippen LogP contribution < -0.4 is 14.8 Å². The molecule has 1 atom stereocenters. The predicted octanol–water partition coefficient (Wildman–Crippen LogP) is 1.93. The molecule has 4 rings (SSSR count). The van der Waals surface area contributed by atoms with E-state index in [0.717, 1.165) is 5.56 Å². The zero-order chi connectivity index (χ0) is 22.9. The predicted molar refractivity (Wildman–Crippen MR) is 120 cm³/mol. The smallest absolute Gasteiger partial charge is 0.273 e. The van der Waals surface area contributed by atoms with Crippen LogP contribution in [0.5, 0.6) is 11.5 Å². The Morgan fingerprint density at radius 3 is 2.69 bits per heavy atom. The van der Waals surface area contributed by atoms with Gasteiger partial charge in [0.1, 0.15) is 5.71 Å². The minimum atomic E-state index is -3.18. The lowest BCUT2D eigenvalue weighted by atomic mass is 10.1. The highest BCUT2D eigenvalue weighted by Gasteiger charge is 2.37. The van der Waals surface area contributed by atoms with Gasteiger partial charge in [0.25, 0.3) is 5.91 Å². The van der Waals surface area contributed by atoms with Crippen LogP contribution in [0.3, 0.4) is 0 Å². The first-order valence-corrected chi connectivity index (χ1v) is 12.6. The molecular formula is C20H22N4O6S2. The largest absolute Gasteiger partial charge is 0.493 e. The van der Waals surface area contributed by atoms with Gasteiger partial charge in [-0.05, 0) is 24.6 Å². The van der Waals surface area contributed by atoms with Crippen molar-refractivity contribution in [3.8, 4) is 22.8 Å². The molecule has 2 aliphatic rings. The number of benzene rings is 1. The number of thiazole rings is 1. The minimum absolute atomic E-state index is 0.0243. The summed E-state index contributed by atoms with van der Waals surface area (Å²) in [6.45, 7) is 0. The topological polar surface area (TPSA) is 127 Å². The molecule has 12 heteroatoms. The fraction of sp³-hybridized carbons (Fsp3) is 0.400. The highest BCUT2D eigenvalue weighted by atomic mass is 32.2. The molecule has 170 valence electrons. The zero-order valence-electron chi connectivity index (χ0n) is 17.5. The van der Waals surface area contributed by atoms with Crippen molar-refractivity contribution >= 4 is 43.8 Å². The second-order valence-electron chi connectivity index (χ2n) is 7.40. The number of aromatic nitrogens is 1. The van der Waals surface area contributed by atoms with Gasteiger partial charge < -0.3 is 9.47 Å². The lowest BCUT2D eigenvalue weighted by molar-refractivity contribution is -0.133. The van der Waals surface area contributed by atoms with Gasteiger partial charge >= 0.3 is 0 Å². The molecule has 1 fully saturated rings. The van der Waals surface area contributed by atoms with Gasteiger partial charge in [0, 0.05) is 23.8 Å².